The summed E-state index contributed by atoms with van der Waals surface area (Å²) in [5.74, 6) is 1.19. The summed E-state index contributed by atoms with van der Waals surface area (Å²) in [4.78, 5) is 0. The van der Waals surface area contributed by atoms with Crippen molar-refractivity contribution >= 4 is 17.4 Å². The van der Waals surface area contributed by atoms with Crippen LogP contribution in [0.25, 0.3) is 0 Å². The maximum absolute atomic E-state index is 5.78. The van der Waals surface area contributed by atoms with Gasteiger partial charge in [-0.3, -0.25) is 0 Å². The number of rotatable bonds is 6. The fraction of sp³-hybridized carbons (Fsp3) is 0.333. The van der Waals surface area contributed by atoms with Gasteiger partial charge in [-0.25, -0.2) is 4.63 Å². The topological polar surface area (TPSA) is 74.2 Å². The molecule has 0 atom stereocenters. The molecule has 2 N–H and O–H groups in total. The molecule has 1 aromatic heterocycles. The first-order valence-corrected chi connectivity index (χ1v) is 6.09. The van der Waals surface area contributed by atoms with Gasteiger partial charge in [0.1, 0.15) is 11.4 Å². The largest absolute Gasteiger partial charge is 0.494 e. The second kappa shape index (κ2) is 6.26. The molecule has 0 saturated heterocycles. The van der Waals surface area contributed by atoms with Gasteiger partial charge in [0.05, 0.1) is 6.61 Å². The van der Waals surface area contributed by atoms with E-state index in [1.165, 1.54) is 0 Å². The summed E-state index contributed by atoms with van der Waals surface area (Å²) in [5, 5.41) is 7.94. The summed E-state index contributed by atoms with van der Waals surface area (Å²) >= 11 is 5.78. The van der Waals surface area contributed by atoms with Crippen LogP contribution >= 0.6 is 11.6 Å². The fourth-order valence-corrected chi connectivity index (χ4v) is 1.63. The van der Waals surface area contributed by atoms with E-state index in [1.54, 1.807) is 12.1 Å². The second-order valence-electron chi connectivity index (χ2n) is 3.86. The number of hydrogen-bond donors (Lipinski definition) is 1. The van der Waals surface area contributed by atoms with E-state index in [2.05, 4.69) is 14.9 Å². The van der Waals surface area contributed by atoms with Gasteiger partial charge < -0.3 is 10.5 Å². The fourth-order valence-electron chi connectivity index (χ4n) is 1.50. The number of anilines is 1. The van der Waals surface area contributed by atoms with Crippen molar-refractivity contribution in [2.75, 3.05) is 12.3 Å². The third-order valence-electron chi connectivity index (χ3n) is 2.48. The summed E-state index contributed by atoms with van der Waals surface area (Å²) in [6.45, 7) is 0.646. The molecule has 0 aliphatic carbocycles. The number of unbranched alkanes of at least 4 members (excludes halogenated alkanes) is 1. The van der Waals surface area contributed by atoms with Gasteiger partial charge >= 0.3 is 0 Å². The van der Waals surface area contributed by atoms with Crippen LogP contribution in [0.15, 0.2) is 28.9 Å². The number of nitrogens with two attached hydrogens (primary N) is 1. The highest BCUT2D eigenvalue weighted by molar-refractivity contribution is 6.30. The van der Waals surface area contributed by atoms with Gasteiger partial charge in [0.25, 0.3) is 0 Å². The van der Waals surface area contributed by atoms with Gasteiger partial charge in [-0.15, -0.1) is 0 Å². The maximum atomic E-state index is 5.78. The molecule has 0 bridgehead atoms. The molecule has 0 unspecified atom stereocenters. The molecular weight excluding hydrogens is 254 g/mol. The zero-order chi connectivity index (χ0) is 12.8. The molecule has 2 rings (SSSR count). The van der Waals surface area contributed by atoms with Crippen LogP contribution in [0.2, 0.25) is 5.02 Å². The lowest BCUT2D eigenvalue weighted by atomic mass is 10.2. The Balaban J connectivity index is 1.64. The summed E-state index contributed by atoms with van der Waals surface area (Å²) in [6.07, 6.45) is 2.58. The molecule has 0 aliphatic heterocycles. The summed E-state index contributed by atoms with van der Waals surface area (Å²) in [7, 11) is 0. The maximum Gasteiger partial charge on any atom is 0.191 e. The van der Waals surface area contributed by atoms with Crippen molar-refractivity contribution in [3.63, 3.8) is 0 Å². The van der Waals surface area contributed by atoms with E-state index < -0.39 is 0 Å². The highest BCUT2D eigenvalue weighted by Crippen LogP contribution is 2.16. The summed E-state index contributed by atoms with van der Waals surface area (Å²) in [6, 6.07) is 7.31. The lowest BCUT2D eigenvalue weighted by Gasteiger charge is -2.05. The minimum atomic E-state index is 0.369. The number of halogens is 1. The lowest BCUT2D eigenvalue weighted by Crippen LogP contribution is -1.99. The van der Waals surface area contributed by atoms with Gasteiger partial charge in [0.2, 0.25) is 0 Å². The first kappa shape index (κ1) is 12.7. The Morgan fingerprint density at radius 2 is 1.94 bits per heavy atom. The van der Waals surface area contributed by atoms with E-state index >= 15 is 0 Å². The molecule has 0 aliphatic rings. The first-order valence-electron chi connectivity index (χ1n) is 5.71. The van der Waals surface area contributed by atoms with Crippen LogP contribution in [-0.2, 0) is 6.42 Å². The average Bonchev–Trinajstić information content (AvgIpc) is 2.77. The second-order valence-corrected chi connectivity index (χ2v) is 4.29. The molecule has 0 spiro atoms. The van der Waals surface area contributed by atoms with Crippen molar-refractivity contribution in [3.8, 4) is 5.75 Å². The van der Waals surface area contributed by atoms with Gasteiger partial charge in [-0.2, -0.15) is 0 Å². The van der Waals surface area contributed by atoms with Crippen LogP contribution in [0, 0.1) is 0 Å². The van der Waals surface area contributed by atoms with Crippen LogP contribution in [-0.4, -0.2) is 16.9 Å². The van der Waals surface area contributed by atoms with Gasteiger partial charge in [0, 0.05) is 5.02 Å². The number of ether oxygens (including phenoxy) is 1. The van der Waals surface area contributed by atoms with Crippen LogP contribution in [0.5, 0.6) is 5.75 Å². The number of benzene rings is 1. The van der Waals surface area contributed by atoms with Crippen molar-refractivity contribution in [1.29, 1.82) is 0 Å². The van der Waals surface area contributed by atoms with E-state index in [0.717, 1.165) is 25.0 Å². The smallest absolute Gasteiger partial charge is 0.191 e. The van der Waals surface area contributed by atoms with Crippen molar-refractivity contribution in [1.82, 2.24) is 10.3 Å². The number of aromatic nitrogens is 2. The quantitative estimate of drug-likeness (QED) is 0.815. The van der Waals surface area contributed by atoms with Crippen molar-refractivity contribution < 1.29 is 9.37 Å². The third kappa shape index (κ3) is 3.63. The van der Waals surface area contributed by atoms with E-state index in [4.69, 9.17) is 22.1 Å². The number of hydrogen-bond acceptors (Lipinski definition) is 5. The van der Waals surface area contributed by atoms with Gasteiger partial charge in [-0.05, 0) is 48.7 Å². The Morgan fingerprint density at radius 1 is 1.17 bits per heavy atom. The molecule has 6 heteroatoms. The monoisotopic (exact) mass is 267 g/mol. The standard InChI is InChI=1S/C12H14ClN3O2/c13-9-4-6-10(7-5-9)17-8-2-1-3-11-12(14)16-18-15-11/h4-7H,1-3,8H2,(H2,14,16). The minimum Gasteiger partial charge on any atom is -0.494 e. The van der Waals surface area contributed by atoms with E-state index in [0.29, 0.717) is 23.1 Å². The highest BCUT2D eigenvalue weighted by Gasteiger charge is 2.04. The molecule has 0 saturated carbocycles. The summed E-state index contributed by atoms with van der Waals surface area (Å²) < 4.78 is 10.1. The van der Waals surface area contributed by atoms with Crippen LogP contribution < -0.4 is 10.5 Å². The molecule has 0 fully saturated rings. The van der Waals surface area contributed by atoms with Gasteiger partial charge in [0.15, 0.2) is 5.82 Å². The Labute approximate surface area is 110 Å². The highest BCUT2D eigenvalue weighted by atomic mass is 35.5. The Bertz CT molecular complexity index is 484. The molecule has 1 aromatic carbocycles. The molecule has 5 nitrogen and oxygen atoms in total. The Kier molecular flexibility index (Phi) is 4.41. The average molecular weight is 268 g/mol. The zero-order valence-corrected chi connectivity index (χ0v) is 10.6. The van der Waals surface area contributed by atoms with Crippen molar-refractivity contribution in [2.45, 2.75) is 19.3 Å². The SMILES string of the molecule is Nc1nonc1CCCCOc1ccc(Cl)cc1. The third-order valence-corrected chi connectivity index (χ3v) is 2.73. The van der Waals surface area contributed by atoms with Crippen LogP contribution in [0.3, 0.4) is 0 Å². The molecule has 18 heavy (non-hydrogen) atoms. The first-order chi connectivity index (χ1) is 8.75. The van der Waals surface area contributed by atoms with Crippen LogP contribution in [0.4, 0.5) is 5.82 Å². The molecule has 0 amide bonds. The van der Waals surface area contributed by atoms with Crippen molar-refractivity contribution in [3.05, 3.63) is 35.0 Å². The predicted octanol–water partition coefficient (Wildman–Crippen LogP) is 2.71. The van der Waals surface area contributed by atoms with E-state index in [1.807, 2.05) is 12.1 Å². The Hall–Kier alpha value is -1.75. The normalized spacial score (nSPS) is 10.5. The number of aryl methyl sites for hydroxylation is 1. The lowest BCUT2D eigenvalue weighted by molar-refractivity contribution is 0.298. The number of nitrogen functional groups attached to an aromatic ring is 1. The van der Waals surface area contributed by atoms with Crippen LogP contribution in [0.1, 0.15) is 18.5 Å². The summed E-state index contributed by atoms with van der Waals surface area (Å²) in [5.41, 5.74) is 6.26. The molecule has 0 radical (unpaired) electrons. The molecular formula is C12H14ClN3O2. The number of nitrogens with zero attached hydrogens (tertiary/aromatic N) is 2. The van der Waals surface area contributed by atoms with Crippen molar-refractivity contribution in [2.24, 2.45) is 0 Å². The molecule has 2 aromatic rings. The minimum absolute atomic E-state index is 0.369. The molecule has 96 valence electrons. The predicted molar refractivity (Wildman–Crippen MR) is 68.6 cm³/mol. The van der Waals surface area contributed by atoms with E-state index in [-0.39, 0.29) is 0 Å². The Morgan fingerprint density at radius 3 is 2.61 bits per heavy atom. The van der Waals surface area contributed by atoms with E-state index in [9.17, 15) is 0 Å². The zero-order valence-electron chi connectivity index (χ0n) is 9.80. The molecule has 1 heterocycles. The van der Waals surface area contributed by atoms with Gasteiger partial charge in [-0.1, -0.05) is 16.8 Å².